The molecule has 94 valence electrons. The monoisotopic (exact) mass is 238 g/mol. The molecular formula is C13H19FN2O. The number of hydrogen-bond acceptors (Lipinski definition) is 3. The first kappa shape index (κ1) is 12.3. The van der Waals surface area contributed by atoms with Gasteiger partial charge in [-0.15, -0.1) is 0 Å². The van der Waals surface area contributed by atoms with E-state index in [4.69, 9.17) is 0 Å². The Balaban J connectivity index is 2.24. The van der Waals surface area contributed by atoms with Gasteiger partial charge in [-0.1, -0.05) is 19.1 Å². The summed E-state index contributed by atoms with van der Waals surface area (Å²) in [5.74, 6) is -0.728. The van der Waals surface area contributed by atoms with E-state index < -0.39 is 5.82 Å². The van der Waals surface area contributed by atoms with Crippen LogP contribution in [0.5, 0.6) is 5.75 Å². The number of nitrogens with zero attached hydrogens (tertiary/aromatic N) is 1. The molecule has 1 heterocycles. The number of hydrogen-bond donors (Lipinski definition) is 2. The predicted molar refractivity (Wildman–Crippen MR) is 65.5 cm³/mol. The van der Waals surface area contributed by atoms with Gasteiger partial charge >= 0.3 is 0 Å². The van der Waals surface area contributed by atoms with E-state index in [2.05, 4.69) is 17.1 Å². The van der Waals surface area contributed by atoms with Gasteiger partial charge in [-0.25, -0.2) is 4.39 Å². The molecule has 3 nitrogen and oxygen atoms in total. The minimum atomic E-state index is -0.531. The Morgan fingerprint density at radius 1 is 1.41 bits per heavy atom. The number of aromatic hydroxyl groups is 1. The SMILES string of the molecule is CC[C@@H](c1cccc(F)c1O)N1CCNCC1. The average molecular weight is 238 g/mol. The largest absolute Gasteiger partial charge is 0.505 e. The van der Waals surface area contributed by atoms with Crippen LogP contribution in [-0.4, -0.2) is 36.2 Å². The molecule has 0 aliphatic carbocycles. The van der Waals surface area contributed by atoms with Crippen LogP contribution < -0.4 is 5.32 Å². The first-order valence-electron chi connectivity index (χ1n) is 6.16. The van der Waals surface area contributed by atoms with Gasteiger partial charge in [0.25, 0.3) is 0 Å². The average Bonchev–Trinajstić information content (AvgIpc) is 2.37. The minimum absolute atomic E-state index is 0.104. The summed E-state index contributed by atoms with van der Waals surface area (Å²) in [5, 5.41) is 13.1. The number of piperazine rings is 1. The number of benzene rings is 1. The summed E-state index contributed by atoms with van der Waals surface area (Å²) in [5.41, 5.74) is 0.703. The highest BCUT2D eigenvalue weighted by molar-refractivity contribution is 5.36. The molecule has 0 amide bonds. The van der Waals surface area contributed by atoms with Crippen LogP contribution in [0.3, 0.4) is 0 Å². The van der Waals surface area contributed by atoms with E-state index in [-0.39, 0.29) is 11.8 Å². The van der Waals surface area contributed by atoms with Crippen molar-refractivity contribution in [2.75, 3.05) is 26.2 Å². The van der Waals surface area contributed by atoms with E-state index in [0.29, 0.717) is 5.56 Å². The highest BCUT2D eigenvalue weighted by atomic mass is 19.1. The van der Waals surface area contributed by atoms with Crippen molar-refractivity contribution in [3.05, 3.63) is 29.6 Å². The van der Waals surface area contributed by atoms with E-state index in [9.17, 15) is 9.50 Å². The van der Waals surface area contributed by atoms with Crippen LogP contribution in [0.4, 0.5) is 4.39 Å². The van der Waals surface area contributed by atoms with E-state index in [1.54, 1.807) is 6.07 Å². The molecule has 2 rings (SSSR count). The van der Waals surface area contributed by atoms with Gasteiger partial charge in [0.05, 0.1) is 0 Å². The molecule has 17 heavy (non-hydrogen) atoms. The van der Waals surface area contributed by atoms with Crippen molar-refractivity contribution >= 4 is 0 Å². The molecular weight excluding hydrogens is 219 g/mol. The molecule has 1 aliphatic rings. The summed E-state index contributed by atoms with van der Waals surface area (Å²) in [7, 11) is 0. The number of nitrogens with one attached hydrogen (secondary N) is 1. The summed E-state index contributed by atoms with van der Waals surface area (Å²) in [6.45, 7) is 5.85. The highest BCUT2D eigenvalue weighted by Crippen LogP contribution is 2.32. The minimum Gasteiger partial charge on any atom is -0.505 e. The third-order valence-electron chi connectivity index (χ3n) is 3.36. The number of rotatable bonds is 3. The second-order valence-corrected chi connectivity index (χ2v) is 4.39. The molecule has 4 heteroatoms. The number of phenols is 1. The molecule has 1 aromatic rings. The van der Waals surface area contributed by atoms with Crippen molar-refractivity contribution < 1.29 is 9.50 Å². The standard InChI is InChI=1S/C13H19FN2O/c1-2-12(16-8-6-15-7-9-16)10-4-3-5-11(14)13(10)17/h3-5,12,15,17H,2,6-9H2,1H3/t12-/m0/s1. The lowest BCUT2D eigenvalue weighted by Crippen LogP contribution is -2.45. The van der Waals surface area contributed by atoms with Gasteiger partial charge in [0.15, 0.2) is 11.6 Å². The smallest absolute Gasteiger partial charge is 0.165 e. The second kappa shape index (κ2) is 5.47. The second-order valence-electron chi connectivity index (χ2n) is 4.39. The quantitative estimate of drug-likeness (QED) is 0.844. The Morgan fingerprint density at radius 3 is 2.76 bits per heavy atom. The molecule has 1 aromatic carbocycles. The maximum Gasteiger partial charge on any atom is 0.165 e. The molecule has 1 saturated heterocycles. The third kappa shape index (κ3) is 2.58. The molecule has 1 aliphatic heterocycles. The van der Waals surface area contributed by atoms with E-state index in [1.165, 1.54) is 6.07 Å². The Hall–Kier alpha value is -1.13. The molecule has 1 atom stereocenters. The predicted octanol–water partition coefficient (Wildman–Crippen LogP) is 1.89. The molecule has 0 radical (unpaired) electrons. The molecule has 0 aromatic heterocycles. The summed E-state index contributed by atoms with van der Waals surface area (Å²) in [6.07, 6.45) is 0.872. The van der Waals surface area contributed by atoms with Crippen molar-refractivity contribution in [1.29, 1.82) is 0 Å². The topological polar surface area (TPSA) is 35.5 Å². The third-order valence-corrected chi connectivity index (χ3v) is 3.36. The first-order valence-corrected chi connectivity index (χ1v) is 6.16. The number of para-hydroxylation sites is 1. The fourth-order valence-corrected chi connectivity index (χ4v) is 2.47. The summed E-state index contributed by atoms with van der Waals surface area (Å²) >= 11 is 0. The van der Waals surface area contributed by atoms with Gasteiger partial charge in [0.2, 0.25) is 0 Å². The van der Waals surface area contributed by atoms with E-state index in [0.717, 1.165) is 32.6 Å². The van der Waals surface area contributed by atoms with Gasteiger partial charge < -0.3 is 10.4 Å². The van der Waals surface area contributed by atoms with E-state index in [1.807, 2.05) is 6.07 Å². The highest BCUT2D eigenvalue weighted by Gasteiger charge is 2.23. The van der Waals surface area contributed by atoms with Crippen LogP contribution in [0.2, 0.25) is 0 Å². The zero-order chi connectivity index (χ0) is 12.3. The van der Waals surface area contributed by atoms with Gasteiger partial charge in [-0.2, -0.15) is 0 Å². The van der Waals surface area contributed by atoms with Crippen LogP contribution in [0, 0.1) is 5.82 Å². The van der Waals surface area contributed by atoms with Gasteiger partial charge in [-0.05, 0) is 12.5 Å². The molecule has 0 saturated carbocycles. The Bertz CT molecular complexity index is 378. The lowest BCUT2D eigenvalue weighted by molar-refractivity contribution is 0.166. The lowest BCUT2D eigenvalue weighted by Gasteiger charge is -2.35. The summed E-state index contributed by atoms with van der Waals surface area (Å²) < 4.78 is 13.4. The van der Waals surface area contributed by atoms with Crippen LogP contribution in [-0.2, 0) is 0 Å². The van der Waals surface area contributed by atoms with Crippen LogP contribution >= 0.6 is 0 Å². The van der Waals surface area contributed by atoms with Crippen molar-refractivity contribution in [3.8, 4) is 5.75 Å². The fraction of sp³-hybridized carbons (Fsp3) is 0.538. The van der Waals surface area contributed by atoms with Crippen molar-refractivity contribution in [2.24, 2.45) is 0 Å². The van der Waals surface area contributed by atoms with Crippen molar-refractivity contribution in [3.63, 3.8) is 0 Å². The first-order chi connectivity index (χ1) is 8.24. The number of halogens is 1. The zero-order valence-corrected chi connectivity index (χ0v) is 10.1. The van der Waals surface area contributed by atoms with Crippen molar-refractivity contribution in [2.45, 2.75) is 19.4 Å². The molecule has 1 fully saturated rings. The van der Waals surface area contributed by atoms with Crippen LogP contribution in [0.25, 0.3) is 0 Å². The molecule has 0 bridgehead atoms. The maximum absolute atomic E-state index is 13.4. The Labute approximate surface area is 101 Å². The Morgan fingerprint density at radius 2 is 2.12 bits per heavy atom. The van der Waals surface area contributed by atoms with E-state index >= 15 is 0 Å². The fourth-order valence-electron chi connectivity index (χ4n) is 2.47. The normalized spacial score (nSPS) is 19.2. The lowest BCUT2D eigenvalue weighted by atomic mass is 10.0. The zero-order valence-electron chi connectivity index (χ0n) is 10.1. The number of phenolic OH excluding ortho intramolecular Hbond substituents is 1. The van der Waals surface area contributed by atoms with Gasteiger partial charge in [0, 0.05) is 37.8 Å². The summed E-state index contributed by atoms with van der Waals surface area (Å²) in [4.78, 5) is 2.30. The maximum atomic E-state index is 13.4. The Kier molecular flexibility index (Phi) is 3.97. The van der Waals surface area contributed by atoms with Gasteiger partial charge in [-0.3, -0.25) is 4.90 Å². The molecule has 2 N–H and O–H groups in total. The molecule has 0 unspecified atom stereocenters. The van der Waals surface area contributed by atoms with Crippen LogP contribution in [0.1, 0.15) is 24.9 Å². The van der Waals surface area contributed by atoms with Gasteiger partial charge in [0.1, 0.15) is 0 Å². The molecule has 0 spiro atoms. The van der Waals surface area contributed by atoms with Crippen LogP contribution in [0.15, 0.2) is 18.2 Å². The van der Waals surface area contributed by atoms with Crippen molar-refractivity contribution in [1.82, 2.24) is 10.2 Å². The summed E-state index contributed by atoms with van der Waals surface area (Å²) in [6, 6.07) is 4.88.